The molecule has 122 valence electrons. The molecule has 2 unspecified atom stereocenters. The summed E-state index contributed by atoms with van der Waals surface area (Å²) in [5.74, 6) is 0. The summed E-state index contributed by atoms with van der Waals surface area (Å²) < 4.78 is 5.41. The zero-order chi connectivity index (χ0) is 15.3. The first-order valence-corrected chi connectivity index (χ1v) is 7.81. The highest BCUT2D eigenvalue weighted by molar-refractivity contribution is 4.74. The second-order valence-corrected chi connectivity index (χ2v) is 5.78. The first-order chi connectivity index (χ1) is 9.52. The Hall–Kier alpha value is -0.200. The molecule has 0 heterocycles. The second kappa shape index (κ2) is 12.5. The van der Waals surface area contributed by atoms with Gasteiger partial charge < -0.3 is 25.4 Å². The van der Waals surface area contributed by atoms with E-state index < -0.39 is 11.7 Å². The molecule has 5 heteroatoms. The van der Waals surface area contributed by atoms with E-state index in [1.54, 1.807) is 6.92 Å². The Morgan fingerprint density at radius 2 is 1.80 bits per heavy atom. The quantitative estimate of drug-likeness (QED) is 0.360. The maximum absolute atomic E-state index is 9.66. The van der Waals surface area contributed by atoms with Gasteiger partial charge in [0.05, 0.1) is 24.9 Å². The largest absolute Gasteiger partial charge is 0.393 e. The van der Waals surface area contributed by atoms with E-state index in [9.17, 15) is 10.2 Å². The van der Waals surface area contributed by atoms with Gasteiger partial charge >= 0.3 is 0 Å². The fourth-order valence-electron chi connectivity index (χ4n) is 1.83. The van der Waals surface area contributed by atoms with Crippen molar-refractivity contribution in [2.45, 2.75) is 64.1 Å². The summed E-state index contributed by atoms with van der Waals surface area (Å²) in [5, 5.41) is 31.0. The van der Waals surface area contributed by atoms with Gasteiger partial charge in [-0.15, -0.1) is 0 Å². The van der Waals surface area contributed by atoms with Gasteiger partial charge in [-0.1, -0.05) is 39.0 Å². The maximum Gasteiger partial charge on any atom is 0.0972 e. The highest BCUT2D eigenvalue weighted by Crippen LogP contribution is 2.05. The number of aliphatic hydroxyl groups is 3. The fraction of sp³-hybridized carbons (Fsp3) is 1.00. The second-order valence-electron chi connectivity index (χ2n) is 5.78. The molecule has 0 saturated heterocycles. The Morgan fingerprint density at radius 3 is 2.45 bits per heavy atom. The third-order valence-corrected chi connectivity index (χ3v) is 3.18. The summed E-state index contributed by atoms with van der Waals surface area (Å²) in [7, 11) is 0. The van der Waals surface area contributed by atoms with E-state index in [-0.39, 0.29) is 13.2 Å². The van der Waals surface area contributed by atoms with Gasteiger partial charge in [-0.25, -0.2) is 0 Å². The minimum Gasteiger partial charge on any atom is -0.393 e. The van der Waals surface area contributed by atoms with Crippen molar-refractivity contribution in [1.29, 1.82) is 0 Å². The number of ether oxygens (including phenoxy) is 1. The van der Waals surface area contributed by atoms with Gasteiger partial charge in [0.2, 0.25) is 0 Å². The van der Waals surface area contributed by atoms with Crippen LogP contribution in [0.3, 0.4) is 0 Å². The molecule has 0 aliphatic rings. The van der Waals surface area contributed by atoms with Crippen LogP contribution >= 0.6 is 0 Å². The molecule has 0 saturated carbocycles. The van der Waals surface area contributed by atoms with Crippen molar-refractivity contribution >= 4 is 0 Å². The number of hydrogen-bond donors (Lipinski definition) is 4. The predicted molar refractivity (Wildman–Crippen MR) is 80.8 cm³/mol. The maximum atomic E-state index is 9.66. The third kappa shape index (κ3) is 12.8. The van der Waals surface area contributed by atoms with Gasteiger partial charge in [-0.05, 0) is 13.3 Å². The minimum atomic E-state index is -1.14. The van der Waals surface area contributed by atoms with Crippen LogP contribution < -0.4 is 5.32 Å². The molecule has 5 nitrogen and oxygen atoms in total. The molecule has 0 aliphatic heterocycles. The van der Waals surface area contributed by atoms with Crippen LogP contribution in [0.1, 0.15) is 52.4 Å². The normalized spacial score (nSPS) is 16.1. The van der Waals surface area contributed by atoms with Crippen LogP contribution in [-0.2, 0) is 4.74 Å². The van der Waals surface area contributed by atoms with Gasteiger partial charge in [-0.3, -0.25) is 0 Å². The lowest BCUT2D eigenvalue weighted by Crippen LogP contribution is -2.43. The standard InChI is InChI=1S/C15H33NO4/c1-3-4-5-6-7-8-9-20-11-14(18)10-16-12-15(2,19)13-17/h14,16-19H,3-13H2,1-2H3. The molecule has 0 aliphatic carbocycles. The zero-order valence-electron chi connectivity index (χ0n) is 13.1. The van der Waals surface area contributed by atoms with Gasteiger partial charge in [-0.2, -0.15) is 0 Å². The number of rotatable bonds is 14. The van der Waals surface area contributed by atoms with Gasteiger partial charge in [0, 0.05) is 19.7 Å². The summed E-state index contributed by atoms with van der Waals surface area (Å²) >= 11 is 0. The molecule has 0 amide bonds. The summed E-state index contributed by atoms with van der Waals surface area (Å²) in [4.78, 5) is 0. The summed E-state index contributed by atoms with van der Waals surface area (Å²) in [6.07, 6.45) is 6.79. The van der Waals surface area contributed by atoms with Crippen LogP contribution in [0.25, 0.3) is 0 Å². The molecule has 0 aromatic heterocycles. The minimum absolute atomic E-state index is 0.248. The lowest BCUT2D eigenvalue weighted by atomic mass is 10.1. The Bertz CT molecular complexity index is 212. The fourth-order valence-corrected chi connectivity index (χ4v) is 1.83. The monoisotopic (exact) mass is 291 g/mol. The zero-order valence-corrected chi connectivity index (χ0v) is 13.1. The molecular weight excluding hydrogens is 258 g/mol. The number of unbranched alkanes of at least 4 members (excludes halogenated alkanes) is 5. The van der Waals surface area contributed by atoms with Crippen molar-refractivity contribution in [2.75, 3.05) is 32.9 Å². The lowest BCUT2D eigenvalue weighted by molar-refractivity contribution is -0.00395. The first-order valence-electron chi connectivity index (χ1n) is 7.81. The summed E-state index contributed by atoms with van der Waals surface area (Å²) in [6.45, 7) is 5.05. The molecule has 0 aromatic rings. The highest BCUT2D eigenvalue weighted by atomic mass is 16.5. The van der Waals surface area contributed by atoms with Crippen molar-refractivity contribution < 1.29 is 20.1 Å². The van der Waals surface area contributed by atoms with Crippen molar-refractivity contribution in [3.05, 3.63) is 0 Å². The van der Waals surface area contributed by atoms with Crippen molar-refractivity contribution in [3.8, 4) is 0 Å². The molecule has 2 atom stereocenters. The van der Waals surface area contributed by atoms with Crippen LogP contribution in [0.15, 0.2) is 0 Å². The lowest BCUT2D eigenvalue weighted by Gasteiger charge is -2.21. The first kappa shape index (κ1) is 19.8. The molecule has 0 fully saturated rings. The average molecular weight is 291 g/mol. The Kier molecular flexibility index (Phi) is 12.4. The van der Waals surface area contributed by atoms with E-state index >= 15 is 0 Å². The van der Waals surface area contributed by atoms with Gasteiger partial charge in [0.15, 0.2) is 0 Å². The Balaban J connectivity index is 3.30. The number of aliphatic hydroxyl groups excluding tert-OH is 2. The topological polar surface area (TPSA) is 82.0 Å². The van der Waals surface area contributed by atoms with E-state index in [1.165, 1.54) is 32.1 Å². The van der Waals surface area contributed by atoms with Crippen LogP contribution in [0.4, 0.5) is 0 Å². The number of nitrogens with one attached hydrogen (secondary N) is 1. The average Bonchev–Trinajstić information content (AvgIpc) is 2.41. The molecular formula is C15H33NO4. The molecule has 20 heavy (non-hydrogen) atoms. The predicted octanol–water partition coefficient (Wildman–Crippen LogP) is 1.06. The van der Waals surface area contributed by atoms with E-state index in [1.807, 2.05) is 0 Å². The summed E-state index contributed by atoms with van der Waals surface area (Å²) in [6, 6.07) is 0. The Labute approximate surface area is 123 Å². The highest BCUT2D eigenvalue weighted by Gasteiger charge is 2.18. The SMILES string of the molecule is CCCCCCCCOCC(O)CNCC(C)(O)CO. The summed E-state index contributed by atoms with van der Waals surface area (Å²) in [5.41, 5.74) is -1.14. The van der Waals surface area contributed by atoms with Crippen LogP contribution in [0.2, 0.25) is 0 Å². The number of hydrogen-bond acceptors (Lipinski definition) is 5. The van der Waals surface area contributed by atoms with Crippen LogP contribution in [0, 0.1) is 0 Å². The smallest absolute Gasteiger partial charge is 0.0972 e. The van der Waals surface area contributed by atoms with Gasteiger partial charge in [0.25, 0.3) is 0 Å². The van der Waals surface area contributed by atoms with Crippen LogP contribution in [-0.4, -0.2) is 59.9 Å². The Morgan fingerprint density at radius 1 is 1.15 bits per heavy atom. The van der Waals surface area contributed by atoms with Gasteiger partial charge in [0.1, 0.15) is 0 Å². The third-order valence-electron chi connectivity index (χ3n) is 3.18. The molecule has 0 rings (SSSR count). The van der Waals surface area contributed by atoms with E-state index in [4.69, 9.17) is 9.84 Å². The van der Waals surface area contributed by atoms with E-state index in [0.717, 1.165) is 6.42 Å². The van der Waals surface area contributed by atoms with E-state index in [0.29, 0.717) is 19.8 Å². The van der Waals surface area contributed by atoms with Crippen molar-refractivity contribution in [3.63, 3.8) is 0 Å². The molecule has 0 spiro atoms. The molecule has 0 bridgehead atoms. The van der Waals surface area contributed by atoms with E-state index in [2.05, 4.69) is 12.2 Å². The molecule has 0 radical (unpaired) electrons. The van der Waals surface area contributed by atoms with Crippen molar-refractivity contribution in [2.24, 2.45) is 0 Å². The van der Waals surface area contributed by atoms with Crippen LogP contribution in [0.5, 0.6) is 0 Å². The van der Waals surface area contributed by atoms with Crippen molar-refractivity contribution in [1.82, 2.24) is 5.32 Å². The molecule has 4 N–H and O–H groups in total. The molecule has 0 aromatic carbocycles.